The minimum atomic E-state index is -3.78. The maximum absolute atomic E-state index is 12.3. The Balaban J connectivity index is 2.95. The summed E-state index contributed by atoms with van der Waals surface area (Å²) in [4.78, 5) is 11.8. The Kier molecular flexibility index (Phi) is 5.13. The van der Waals surface area contributed by atoms with E-state index in [0.717, 1.165) is 0 Å². The molecule has 7 heteroatoms. The minimum absolute atomic E-state index is 0.0523. The predicted octanol–water partition coefficient (Wildman–Crippen LogP) is 0.769. The molecule has 0 aliphatic carbocycles. The summed E-state index contributed by atoms with van der Waals surface area (Å²) >= 11 is 0. The van der Waals surface area contributed by atoms with Crippen LogP contribution >= 0.6 is 0 Å². The Morgan fingerprint density at radius 3 is 2.40 bits per heavy atom. The van der Waals surface area contributed by atoms with Gasteiger partial charge in [-0.1, -0.05) is 6.07 Å². The van der Waals surface area contributed by atoms with Gasteiger partial charge < -0.3 is 11.1 Å². The zero-order chi connectivity index (χ0) is 15.5. The fourth-order valence-electron chi connectivity index (χ4n) is 1.67. The van der Waals surface area contributed by atoms with Crippen LogP contribution in [0.1, 0.15) is 26.3 Å². The van der Waals surface area contributed by atoms with Gasteiger partial charge in [0.1, 0.15) is 0 Å². The molecule has 0 bridgehead atoms. The van der Waals surface area contributed by atoms with Crippen molar-refractivity contribution in [2.24, 2.45) is 0 Å². The minimum Gasteiger partial charge on any atom is -0.399 e. The maximum Gasteiger partial charge on any atom is 0.241 e. The molecule has 112 valence electrons. The highest BCUT2D eigenvalue weighted by molar-refractivity contribution is 7.89. The molecule has 1 aromatic rings. The van der Waals surface area contributed by atoms with Crippen LogP contribution in [-0.2, 0) is 14.8 Å². The number of benzene rings is 1. The molecular weight excluding hydrogens is 278 g/mol. The molecule has 0 spiro atoms. The van der Waals surface area contributed by atoms with Crippen molar-refractivity contribution in [1.82, 2.24) is 10.0 Å². The Bertz CT molecular complexity index is 597. The van der Waals surface area contributed by atoms with Gasteiger partial charge >= 0.3 is 0 Å². The number of nitrogens with one attached hydrogen (secondary N) is 2. The molecule has 0 aromatic heterocycles. The topological polar surface area (TPSA) is 101 Å². The lowest BCUT2D eigenvalue weighted by atomic mass is 10.2. The molecule has 0 heterocycles. The SMILES string of the molecule is Cc1ccc(N)cc1S(=O)(=O)NC(C)C(=O)NC(C)C. The van der Waals surface area contributed by atoms with Crippen LogP contribution in [0.4, 0.5) is 5.69 Å². The average molecular weight is 299 g/mol. The monoisotopic (exact) mass is 299 g/mol. The molecule has 0 saturated heterocycles. The summed E-state index contributed by atoms with van der Waals surface area (Å²) < 4.78 is 26.9. The number of rotatable bonds is 5. The molecule has 0 aliphatic heterocycles. The van der Waals surface area contributed by atoms with Crippen molar-refractivity contribution in [3.8, 4) is 0 Å². The van der Waals surface area contributed by atoms with E-state index in [1.54, 1.807) is 32.9 Å². The summed E-state index contributed by atoms with van der Waals surface area (Å²) in [6.07, 6.45) is 0. The molecule has 1 atom stereocenters. The van der Waals surface area contributed by atoms with Crippen molar-refractivity contribution in [3.63, 3.8) is 0 Å². The number of hydrogen-bond donors (Lipinski definition) is 3. The molecule has 20 heavy (non-hydrogen) atoms. The zero-order valence-corrected chi connectivity index (χ0v) is 12.9. The van der Waals surface area contributed by atoms with Crippen molar-refractivity contribution >= 4 is 21.6 Å². The van der Waals surface area contributed by atoms with Crippen molar-refractivity contribution in [1.29, 1.82) is 0 Å². The van der Waals surface area contributed by atoms with Crippen molar-refractivity contribution < 1.29 is 13.2 Å². The summed E-state index contributed by atoms with van der Waals surface area (Å²) in [5.41, 5.74) is 6.54. The van der Waals surface area contributed by atoms with E-state index in [1.807, 2.05) is 0 Å². The van der Waals surface area contributed by atoms with E-state index in [9.17, 15) is 13.2 Å². The lowest BCUT2D eigenvalue weighted by Crippen LogP contribution is -2.46. The van der Waals surface area contributed by atoms with Gasteiger partial charge in [0, 0.05) is 11.7 Å². The van der Waals surface area contributed by atoms with E-state index >= 15 is 0 Å². The molecule has 0 radical (unpaired) electrons. The number of hydrogen-bond acceptors (Lipinski definition) is 4. The smallest absolute Gasteiger partial charge is 0.241 e. The number of sulfonamides is 1. The molecule has 4 N–H and O–H groups in total. The van der Waals surface area contributed by atoms with Crippen molar-refractivity contribution in [2.75, 3.05) is 5.73 Å². The third-order valence-corrected chi connectivity index (χ3v) is 4.34. The molecule has 1 rings (SSSR count). The van der Waals surface area contributed by atoms with E-state index in [-0.39, 0.29) is 16.8 Å². The number of anilines is 1. The van der Waals surface area contributed by atoms with Gasteiger partial charge in [0.05, 0.1) is 10.9 Å². The van der Waals surface area contributed by atoms with Gasteiger partial charge in [-0.3, -0.25) is 4.79 Å². The van der Waals surface area contributed by atoms with E-state index in [4.69, 9.17) is 5.73 Å². The van der Waals surface area contributed by atoms with Gasteiger partial charge in [-0.15, -0.1) is 0 Å². The molecule has 0 fully saturated rings. The molecule has 1 aromatic carbocycles. The highest BCUT2D eigenvalue weighted by atomic mass is 32.2. The number of nitrogens with two attached hydrogens (primary N) is 1. The predicted molar refractivity (Wildman–Crippen MR) is 78.7 cm³/mol. The lowest BCUT2D eigenvalue weighted by molar-refractivity contribution is -0.122. The highest BCUT2D eigenvalue weighted by Gasteiger charge is 2.23. The third-order valence-electron chi connectivity index (χ3n) is 2.66. The van der Waals surface area contributed by atoms with Crippen LogP contribution in [0.15, 0.2) is 23.1 Å². The van der Waals surface area contributed by atoms with Gasteiger partial charge in [0.2, 0.25) is 15.9 Å². The fourth-order valence-corrected chi connectivity index (χ4v) is 3.15. The largest absolute Gasteiger partial charge is 0.399 e. The average Bonchev–Trinajstić information content (AvgIpc) is 2.30. The first-order chi connectivity index (χ1) is 9.13. The molecule has 0 saturated carbocycles. The van der Waals surface area contributed by atoms with Gasteiger partial charge in [-0.25, -0.2) is 8.42 Å². The molecule has 1 unspecified atom stereocenters. The summed E-state index contributed by atoms with van der Waals surface area (Å²) in [5.74, 6) is -0.370. The lowest BCUT2D eigenvalue weighted by Gasteiger charge is -2.17. The Morgan fingerprint density at radius 2 is 1.85 bits per heavy atom. The Labute approximate surface area is 119 Å². The first-order valence-corrected chi connectivity index (χ1v) is 7.80. The van der Waals surface area contributed by atoms with Crippen LogP contribution in [0.2, 0.25) is 0 Å². The third kappa shape index (κ3) is 4.21. The normalized spacial score (nSPS) is 13.2. The highest BCUT2D eigenvalue weighted by Crippen LogP contribution is 2.18. The van der Waals surface area contributed by atoms with E-state index < -0.39 is 16.1 Å². The number of carbonyl (C=O) groups excluding carboxylic acids is 1. The van der Waals surface area contributed by atoms with E-state index in [1.165, 1.54) is 13.0 Å². The number of amides is 1. The first-order valence-electron chi connectivity index (χ1n) is 6.32. The van der Waals surface area contributed by atoms with Crippen LogP contribution < -0.4 is 15.8 Å². The van der Waals surface area contributed by atoms with E-state index in [2.05, 4.69) is 10.0 Å². The fraction of sp³-hybridized carbons (Fsp3) is 0.462. The van der Waals surface area contributed by atoms with E-state index in [0.29, 0.717) is 11.3 Å². The van der Waals surface area contributed by atoms with Crippen LogP contribution in [0, 0.1) is 6.92 Å². The first kappa shape index (κ1) is 16.5. The second kappa shape index (κ2) is 6.23. The number of nitrogen functional groups attached to an aromatic ring is 1. The van der Waals surface area contributed by atoms with Crippen LogP contribution in [-0.4, -0.2) is 26.4 Å². The van der Waals surface area contributed by atoms with Crippen molar-refractivity contribution in [3.05, 3.63) is 23.8 Å². The molecule has 0 aliphatic rings. The van der Waals surface area contributed by atoms with Gasteiger partial charge in [0.15, 0.2) is 0 Å². The summed E-state index contributed by atoms with van der Waals surface area (Å²) in [6.45, 7) is 6.78. The second-order valence-corrected chi connectivity index (χ2v) is 6.71. The van der Waals surface area contributed by atoms with Crippen LogP contribution in [0.5, 0.6) is 0 Å². The zero-order valence-electron chi connectivity index (χ0n) is 12.1. The molecule has 6 nitrogen and oxygen atoms in total. The quantitative estimate of drug-likeness (QED) is 0.699. The second-order valence-electron chi connectivity index (χ2n) is 5.03. The maximum atomic E-state index is 12.3. The molecule has 1 amide bonds. The van der Waals surface area contributed by atoms with Crippen LogP contribution in [0.3, 0.4) is 0 Å². The number of aryl methyl sites for hydroxylation is 1. The van der Waals surface area contributed by atoms with Gasteiger partial charge in [-0.2, -0.15) is 4.72 Å². The van der Waals surface area contributed by atoms with Gasteiger partial charge in [0.25, 0.3) is 0 Å². The summed E-state index contributed by atoms with van der Waals surface area (Å²) in [5, 5.41) is 2.65. The molecular formula is C13H21N3O3S. The van der Waals surface area contributed by atoms with Gasteiger partial charge in [-0.05, 0) is 45.4 Å². The summed E-state index contributed by atoms with van der Waals surface area (Å²) in [7, 11) is -3.78. The Morgan fingerprint density at radius 1 is 1.25 bits per heavy atom. The summed E-state index contributed by atoms with van der Waals surface area (Å²) in [6, 6.07) is 3.73. The van der Waals surface area contributed by atoms with Crippen LogP contribution in [0.25, 0.3) is 0 Å². The standard InChI is InChI=1S/C13H21N3O3S/c1-8(2)15-13(17)10(4)16-20(18,19)12-7-11(14)6-5-9(12)3/h5-8,10,16H,14H2,1-4H3,(H,15,17). The Hall–Kier alpha value is -1.60. The number of carbonyl (C=O) groups is 1. The van der Waals surface area contributed by atoms with Crippen molar-refractivity contribution in [2.45, 2.75) is 44.7 Å².